The van der Waals surface area contributed by atoms with Gasteiger partial charge < -0.3 is 14.8 Å². The molecular weight excluding hydrogens is 335 g/mol. The van der Waals surface area contributed by atoms with Crippen LogP contribution < -0.4 is 10.1 Å². The Labute approximate surface area is 151 Å². The van der Waals surface area contributed by atoms with Crippen molar-refractivity contribution in [2.24, 2.45) is 0 Å². The molecule has 26 heavy (non-hydrogen) atoms. The minimum atomic E-state index is -0.322. The molecule has 2 heterocycles. The molecule has 4 rings (SSSR count). The number of benzene rings is 2. The first-order valence-electron chi connectivity index (χ1n) is 8.83. The molecule has 6 heteroatoms. The van der Waals surface area contributed by atoms with E-state index in [-0.39, 0.29) is 36.7 Å². The molecule has 136 valence electrons. The van der Waals surface area contributed by atoms with Gasteiger partial charge in [-0.1, -0.05) is 30.3 Å². The molecule has 2 aliphatic rings. The van der Waals surface area contributed by atoms with Gasteiger partial charge in [-0.05, 0) is 42.8 Å². The van der Waals surface area contributed by atoms with Crippen molar-refractivity contribution in [3.05, 3.63) is 66.0 Å². The van der Waals surface area contributed by atoms with Gasteiger partial charge in [-0.15, -0.1) is 0 Å². The predicted molar refractivity (Wildman–Crippen MR) is 94.3 cm³/mol. The summed E-state index contributed by atoms with van der Waals surface area (Å²) >= 11 is 0. The highest BCUT2D eigenvalue weighted by atomic mass is 19.1. The van der Waals surface area contributed by atoms with Gasteiger partial charge in [0.2, 0.25) is 0 Å². The zero-order valence-electron chi connectivity index (χ0n) is 14.3. The van der Waals surface area contributed by atoms with E-state index in [9.17, 15) is 9.18 Å². The molecule has 0 radical (unpaired) electrons. The number of amides is 1. The lowest BCUT2D eigenvalue weighted by Gasteiger charge is -2.21. The number of carbonyl (C=O) groups excluding carboxylic acids is 1. The maximum absolute atomic E-state index is 13.1. The number of halogens is 1. The third-order valence-corrected chi connectivity index (χ3v) is 4.95. The number of likely N-dealkylation sites (tertiary alicyclic amines) is 1. The van der Waals surface area contributed by atoms with Crippen LogP contribution >= 0.6 is 0 Å². The van der Waals surface area contributed by atoms with Crippen LogP contribution in [-0.2, 0) is 11.3 Å². The summed E-state index contributed by atoms with van der Waals surface area (Å²) in [5, 5.41) is 3.41. The van der Waals surface area contributed by atoms with E-state index < -0.39 is 0 Å². The van der Waals surface area contributed by atoms with Crippen molar-refractivity contribution in [3.8, 4) is 5.75 Å². The summed E-state index contributed by atoms with van der Waals surface area (Å²) in [5.74, 6) is 0.301. The van der Waals surface area contributed by atoms with Crippen molar-refractivity contribution >= 4 is 6.09 Å². The third-order valence-electron chi connectivity index (χ3n) is 4.95. The second-order valence-corrected chi connectivity index (χ2v) is 6.64. The number of hydrogen-bond acceptors (Lipinski definition) is 4. The minimum absolute atomic E-state index is 0.0590. The van der Waals surface area contributed by atoms with Gasteiger partial charge in [-0.2, -0.15) is 0 Å². The summed E-state index contributed by atoms with van der Waals surface area (Å²) in [4.78, 5) is 14.3. The fourth-order valence-corrected chi connectivity index (χ4v) is 3.70. The molecule has 0 saturated carbocycles. The number of ether oxygens (including phenoxy) is 2. The summed E-state index contributed by atoms with van der Waals surface area (Å²) < 4.78 is 24.6. The van der Waals surface area contributed by atoms with Gasteiger partial charge >= 0.3 is 6.09 Å². The maximum Gasteiger partial charge on any atom is 0.410 e. The fourth-order valence-electron chi connectivity index (χ4n) is 3.70. The number of fused-ring (bicyclic) bond motifs is 1. The van der Waals surface area contributed by atoms with Crippen molar-refractivity contribution in [2.75, 3.05) is 13.1 Å². The Bertz CT molecular complexity index is 753. The van der Waals surface area contributed by atoms with E-state index in [1.54, 1.807) is 17.0 Å². The zero-order valence-corrected chi connectivity index (χ0v) is 14.3. The number of hydrogen-bond donors (Lipinski definition) is 1. The highest BCUT2D eigenvalue weighted by Crippen LogP contribution is 2.29. The van der Waals surface area contributed by atoms with Crippen LogP contribution in [0, 0.1) is 5.82 Å². The van der Waals surface area contributed by atoms with Crippen LogP contribution in [0.25, 0.3) is 0 Å². The third kappa shape index (κ3) is 3.51. The molecule has 1 N–H and O–H groups in total. The van der Waals surface area contributed by atoms with Gasteiger partial charge in [-0.3, -0.25) is 4.90 Å². The zero-order chi connectivity index (χ0) is 17.9. The van der Waals surface area contributed by atoms with E-state index in [2.05, 4.69) is 5.32 Å². The molecule has 0 spiro atoms. The van der Waals surface area contributed by atoms with Gasteiger partial charge in [0.05, 0.1) is 18.6 Å². The molecule has 1 unspecified atom stereocenters. The Hall–Kier alpha value is -2.60. The van der Waals surface area contributed by atoms with Gasteiger partial charge in [-0.25, -0.2) is 9.18 Å². The number of nitrogens with one attached hydrogen (secondary N) is 1. The molecule has 5 nitrogen and oxygen atoms in total. The summed E-state index contributed by atoms with van der Waals surface area (Å²) in [5.41, 5.74) is 0.959. The quantitative estimate of drug-likeness (QED) is 0.915. The predicted octanol–water partition coefficient (Wildman–Crippen LogP) is 2.96. The molecule has 2 fully saturated rings. The molecule has 3 atom stereocenters. The van der Waals surface area contributed by atoms with E-state index in [1.807, 2.05) is 30.3 Å². The van der Waals surface area contributed by atoms with Crippen molar-refractivity contribution in [1.29, 1.82) is 0 Å². The van der Waals surface area contributed by atoms with Crippen LogP contribution in [0.2, 0.25) is 0 Å². The molecule has 2 aromatic rings. The molecule has 2 aromatic carbocycles. The highest BCUT2D eigenvalue weighted by molar-refractivity contribution is 5.69. The van der Waals surface area contributed by atoms with E-state index in [1.165, 1.54) is 12.1 Å². The summed E-state index contributed by atoms with van der Waals surface area (Å²) in [7, 11) is 0. The molecule has 0 bridgehead atoms. The maximum atomic E-state index is 13.1. The molecule has 1 amide bonds. The lowest BCUT2D eigenvalue weighted by molar-refractivity contribution is 0.0889. The van der Waals surface area contributed by atoms with E-state index in [4.69, 9.17) is 9.47 Å². The summed E-state index contributed by atoms with van der Waals surface area (Å²) in [6.07, 6.45) is 0.365. The van der Waals surface area contributed by atoms with Crippen LogP contribution in [0.5, 0.6) is 5.75 Å². The van der Waals surface area contributed by atoms with Gasteiger partial charge in [0.25, 0.3) is 0 Å². The van der Waals surface area contributed by atoms with E-state index >= 15 is 0 Å². The van der Waals surface area contributed by atoms with Crippen molar-refractivity contribution in [1.82, 2.24) is 10.2 Å². The fraction of sp³-hybridized carbons (Fsp3) is 0.350. The van der Waals surface area contributed by atoms with E-state index in [0.717, 1.165) is 18.5 Å². The van der Waals surface area contributed by atoms with Crippen molar-refractivity contribution in [3.63, 3.8) is 0 Å². The number of carbonyl (C=O) groups is 1. The molecular formula is C20H21FN2O3. The largest absolute Gasteiger partial charge is 0.487 e. The lowest BCUT2D eigenvalue weighted by atomic mass is 10.1. The van der Waals surface area contributed by atoms with E-state index in [0.29, 0.717) is 12.3 Å². The molecule has 0 aromatic heterocycles. The Morgan fingerprint density at radius 3 is 2.69 bits per heavy atom. The van der Waals surface area contributed by atoms with Crippen LogP contribution in [-0.4, -0.2) is 42.3 Å². The summed E-state index contributed by atoms with van der Waals surface area (Å²) in [6, 6.07) is 15.7. The Morgan fingerprint density at radius 2 is 1.92 bits per heavy atom. The number of nitrogens with zero attached hydrogens (tertiary/aromatic N) is 1. The Balaban J connectivity index is 1.40. The van der Waals surface area contributed by atoms with Gasteiger partial charge in [0.1, 0.15) is 24.3 Å². The average Bonchev–Trinajstić information content (AvgIpc) is 3.26. The van der Waals surface area contributed by atoms with Crippen LogP contribution in [0.4, 0.5) is 9.18 Å². The molecule has 2 aliphatic heterocycles. The Morgan fingerprint density at radius 1 is 1.15 bits per heavy atom. The molecule has 0 aliphatic carbocycles. The second kappa shape index (κ2) is 7.33. The van der Waals surface area contributed by atoms with Gasteiger partial charge in [0, 0.05) is 0 Å². The Kier molecular flexibility index (Phi) is 4.75. The smallest absolute Gasteiger partial charge is 0.410 e. The second-order valence-electron chi connectivity index (χ2n) is 6.64. The first-order chi connectivity index (χ1) is 12.7. The first-order valence-corrected chi connectivity index (χ1v) is 8.83. The van der Waals surface area contributed by atoms with Crippen LogP contribution in [0.15, 0.2) is 54.6 Å². The monoisotopic (exact) mass is 356 g/mol. The minimum Gasteiger partial charge on any atom is -0.487 e. The molecule has 2 saturated heterocycles. The lowest BCUT2D eigenvalue weighted by Crippen LogP contribution is -2.41. The average molecular weight is 356 g/mol. The van der Waals surface area contributed by atoms with Crippen LogP contribution in [0.3, 0.4) is 0 Å². The van der Waals surface area contributed by atoms with Gasteiger partial charge in [0.15, 0.2) is 0 Å². The highest BCUT2D eigenvalue weighted by Gasteiger charge is 2.48. The SMILES string of the molecule is O=C(OCc1ccccc1)N1C[C@H](Oc2ccc(F)cc2)C2NCC[C@H]21. The summed E-state index contributed by atoms with van der Waals surface area (Å²) in [6.45, 7) is 1.54. The topological polar surface area (TPSA) is 50.8 Å². The standard InChI is InChI=1S/C20H21FN2O3/c21-15-6-8-16(9-7-15)26-18-12-23(17-10-11-22-19(17)18)20(24)25-13-14-4-2-1-3-5-14/h1-9,17-19,22H,10-13H2/t17-,18+,19?/m1/s1. The first kappa shape index (κ1) is 16.8. The number of rotatable bonds is 4. The van der Waals surface area contributed by atoms with Crippen LogP contribution in [0.1, 0.15) is 12.0 Å². The van der Waals surface area contributed by atoms with Crippen molar-refractivity contribution in [2.45, 2.75) is 31.2 Å². The normalized spacial score (nSPS) is 24.3. The van der Waals surface area contributed by atoms with Crippen molar-refractivity contribution < 1.29 is 18.7 Å².